The number of carbonyl (C=O) groups excluding carboxylic acids is 2. The van der Waals surface area contributed by atoms with Gasteiger partial charge in [0.25, 0.3) is 11.7 Å². The van der Waals surface area contributed by atoms with E-state index in [1.807, 2.05) is 12.1 Å². The van der Waals surface area contributed by atoms with Crippen molar-refractivity contribution in [2.24, 2.45) is 0 Å². The van der Waals surface area contributed by atoms with Crippen LogP contribution in [0.25, 0.3) is 5.76 Å². The van der Waals surface area contributed by atoms with Crippen molar-refractivity contribution >= 4 is 23.1 Å². The molecule has 0 aliphatic carbocycles. The van der Waals surface area contributed by atoms with Crippen molar-refractivity contribution < 1.29 is 24.2 Å². The van der Waals surface area contributed by atoms with Crippen molar-refractivity contribution in [3.8, 4) is 11.5 Å². The minimum atomic E-state index is -0.808. The predicted molar refractivity (Wildman–Crippen MR) is 136 cm³/mol. The molecule has 1 aliphatic heterocycles. The van der Waals surface area contributed by atoms with E-state index in [0.717, 1.165) is 19.3 Å². The first-order valence-corrected chi connectivity index (χ1v) is 11.8. The van der Waals surface area contributed by atoms with Crippen LogP contribution in [0.4, 0.5) is 5.69 Å². The Morgan fingerprint density at radius 1 is 0.914 bits per heavy atom. The molecule has 1 saturated heterocycles. The van der Waals surface area contributed by atoms with Crippen LogP contribution < -0.4 is 14.4 Å². The molecule has 0 spiro atoms. The summed E-state index contributed by atoms with van der Waals surface area (Å²) in [6.45, 7) is 2.76. The van der Waals surface area contributed by atoms with Crippen LogP contribution in [-0.2, 0) is 9.59 Å². The Labute approximate surface area is 205 Å². The third-order valence-corrected chi connectivity index (χ3v) is 6.03. The number of amides is 1. The molecule has 35 heavy (non-hydrogen) atoms. The highest BCUT2D eigenvalue weighted by Crippen LogP contribution is 2.42. The maximum absolute atomic E-state index is 13.2. The number of unbranched alkanes of at least 4 members (excludes halogenated alkanes) is 2. The first-order valence-electron chi connectivity index (χ1n) is 11.8. The number of Topliss-reactive ketones (excluding diaryl/α,β-unsaturated/α-hetero) is 1. The molecule has 1 fully saturated rings. The second-order valence-corrected chi connectivity index (χ2v) is 8.36. The van der Waals surface area contributed by atoms with Gasteiger partial charge in [0.2, 0.25) is 0 Å². The molecule has 6 nitrogen and oxygen atoms in total. The third kappa shape index (κ3) is 5.06. The standard InChI is InChI=1S/C29H29NO5/c1-3-4-8-18-35-23-16-14-20(15-17-23)27(31)25-26(21-10-9-13-24(19-21)34-2)30(29(33)28(25)32)22-11-6-5-7-12-22/h5-7,9-17,19,26,31H,3-4,8,18H2,1-2H3/b27-25-. The van der Waals surface area contributed by atoms with Crippen LogP contribution in [0.2, 0.25) is 0 Å². The summed E-state index contributed by atoms with van der Waals surface area (Å²) in [6.07, 6.45) is 3.19. The topological polar surface area (TPSA) is 76.1 Å². The van der Waals surface area contributed by atoms with Crippen LogP contribution in [-0.4, -0.2) is 30.5 Å². The summed E-state index contributed by atoms with van der Waals surface area (Å²) in [5.41, 5.74) is 1.69. The van der Waals surface area contributed by atoms with E-state index in [-0.39, 0.29) is 11.3 Å². The minimum absolute atomic E-state index is 0.0312. The number of aliphatic hydroxyl groups is 1. The Hall–Kier alpha value is -4.06. The molecule has 0 radical (unpaired) electrons. The number of ketones is 1. The van der Waals surface area contributed by atoms with E-state index in [1.54, 1.807) is 73.8 Å². The minimum Gasteiger partial charge on any atom is -0.507 e. The first-order chi connectivity index (χ1) is 17.0. The molecule has 180 valence electrons. The monoisotopic (exact) mass is 471 g/mol. The van der Waals surface area contributed by atoms with Gasteiger partial charge < -0.3 is 14.6 Å². The Morgan fingerprint density at radius 3 is 2.34 bits per heavy atom. The van der Waals surface area contributed by atoms with E-state index in [0.29, 0.717) is 34.9 Å². The lowest BCUT2D eigenvalue weighted by molar-refractivity contribution is -0.132. The molecule has 1 aliphatic rings. The largest absolute Gasteiger partial charge is 0.507 e. The fourth-order valence-electron chi connectivity index (χ4n) is 4.22. The van der Waals surface area contributed by atoms with Gasteiger partial charge in [-0.3, -0.25) is 14.5 Å². The Morgan fingerprint density at radius 2 is 1.66 bits per heavy atom. The number of anilines is 1. The van der Waals surface area contributed by atoms with Crippen LogP contribution in [0.1, 0.15) is 43.4 Å². The number of benzene rings is 3. The second-order valence-electron chi connectivity index (χ2n) is 8.36. The van der Waals surface area contributed by atoms with E-state index < -0.39 is 17.7 Å². The van der Waals surface area contributed by atoms with E-state index >= 15 is 0 Å². The molecule has 3 aromatic carbocycles. The van der Waals surface area contributed by atoms with Crippen molar-refractivity contribution in [1.29, 1.82) is 0 Å². The summed E-state index contributed by atoms with van der Waals surface area (Å²) < 4.78 is 11.1. The third-order valence-electron chi connectivity index (χ3n) is 6.03. The van der Waals surface area contributed by atoms with Crippen LogP contribution in [0.15, 0.2) is 84.4 Å². The second kappa shape index (κ2) is 10.9. The van der Waals surface area contributed by atoms with Gasteiger partial charge in [-0.2, -0.15) is 0 Å². The molecule has 6 heteroatoms. The average Bonchev–Trinajstić information content (AvgIpc) is 3.17. The van der Waals surface area contributed by atoms with Gasteiger partial charge in [0.15, 0.2) is 0 Å². The van der Waals surface area contributed by atoms with Gasteiger partial charge in [0, 0.05) is 11.3 Å². The van der Waals surface area contributed by atoms with Gasteiger partial charge in [-0.15, -0.1) is 0 Å². The molecule has 1 amide bonds. The number of para-hydroxylation sites is 1. The molecule has 1 atom stereocenters. The Balaban J connectivity index is 1.76. The number of ether oxygens (including phenoxy) is 2. The zero-order valence-corrected chi connectivity index (χ0v) is 19.9. The summed E-state index contributed by atoms with van der Waals surface area (Å²) in [4.78, 5) is 27.9. The molecule has 0 bridgehead atoms. The van der Waals surface area contributed by atoms with E-state index in [9.17, 15) is 14.7 Å². The van der Waals surface area contributed by atoms with Crippen LogP contribution in [0.5, 0.6) is 11.5 Å². The molecule has 1 unspecified atom stereocenters. The van der Waals surface area contributed by atoms with Crippen molar-refractivity contribution in [3.63, 3.8) is 0 Å². The summed E-state index contributed by atoms with van der Waals surface area (Å²) in [7, 11) is 1.55. The highest BCUT2D eigenvalue weighted by atomic mass is 16.5. The van der Waals surface area contributed by atoms with Crippen molar-refractivity contribution in [1.82, 2.24) is 0 Å². The lowest BCUT2D eigenvalue weighted by atomic mass is 9.95. The number of hydrogen-bond acceptors (Lipinski definition) is 5. The lowest BCUT2D eigenvalue weighted by Crippen LogP contribution is -2.29. The van der Waals surface area contributed by atoms with E-state index in [1.165, 1.54) is 4.90 Å². The maximum Gasteiger partial charge on any atom is 0.300 e. The SMILES string of the molecule is CCCCCOc1ccc(/C(O)=C2/C(=O)C(=O)N(c3ccccc3)C2c2cccc(OC)c2)cc1. The molecular weight excluding hydrogens is 442 g/mol. The van der Waals surface area contributed by atoms with Gasteiger partial charge in [-0.1, -0.05) is 50.1 Å². The number of methoxy groups -OCH3 is 1. The summed E-state index contributed by atoms with van der Waals surface area (Å²) in [5, 5.41) is 11.3. The summed E-state index contributed by atoms with van der Waals surface area (Å²) in [6, 6.07) is 22.3. The van der Waals surface area contributed by atoms with Gasteiger partial charge in [0.1, 0.15) is 17.3 Å². The number of carbonyl (C=O) groups is 2. The molecule has 1 heterocycles. The van der Waals surface area contributed by atoms with Gasteiger partial charge >= 0.3 is 0 Å². The van der Waals surface area contributed by atoms with E-state index in [2.05, 4.69) is 6.92 Å². The first kappa shape index (κ1) is 24.1. The van der Waals surface area contributed by atoms with Gasteiger partial charge in [-0.25, -0.2) is 0 Å². The molecule has 0 aromatic heterocycles. The van der Waals surface area contributed by atoms with Crippen LogP contribution in [0.3, 0.4) is 0 Å². The zero-order chi connectivity index (χ0) is 24.8. The Bertz CT molecular complexity index is 1220. The number of aliphatic hydroxyl groups excluding tert-OH is 1. The van der Waals surface area contributed by atoms with Crippen molar-refractivity contribution in [2.75, 3.05) is 18.6 Å². The van der Waals surface area contributed by atoms with Crippen molar-refractivity contribution in [3.05, 3.63) is 95.6 Å². The molecule has 0 saturated carbocycles. The molecule has 3 aromatic rings. The van der Waals surface area contributed by atoms with Gasteiger partial charge in [-0.05, 0) is 60.5 Å². The molecule has 1 N–H and O–H groups in total. The fourth-order valence-corrected chi connectivity index (χ4v) is 4.22. The summed E-state index contributed by atoms with van der Waals surface area (Å²) >= 11 is 0. The number of hydrogen-bond donors (Lipinski definition) is 1. The zero-order valence-electron chi connectivity index (χ0n) is 19.9. The highest BCUT2D eigenvalue weighted by Gasteiger charge is 2.47. The number of rotatable bonds is 9. The van der Waals surface area contributed by atoms with Crippen molar-refractivity contribution in [2.45, 2.75) is 32.2 Å². The highest BCUT2D eigenvalue weighted by molar-refractivity contribution is 6.51. The predicted octanol–water partition coefficient (Wildman–Crippen LogP) is 5.89. The quantitative estimate of drug-likeness (QED) is 0.182. The Kier molecular flexibility index (Phi) is 7.51. The van der Waals surface area contributed by atoms with Gasteiger partial charge in [0.05, 0.1) is 25.3 Å². The molecular formula is C29H29NO5. The lowest BCUT2D eigenvalue weighted by Gasteiger charge is -2.25. The smallest absolute Gasteiger partial charge is 0.300 e. The average molecular weight is 472 g/mol. The normalized spacial score (nSPS) is 17.0. The van der Waals surface area contributed by atoms with Crippen LogP contribution >= 0.6 is 0 Å². The van der Waals surface area contributed by atoms with E-state index in [4.69, 9.17) is 9.47 Å². The fraction of sp³-hybridized carbons (Fsp3) is 0.241. The van der Waals surface area contributed by atoms with Crippen LogP contribution in [0, 0.1) is 0 Å². The number of nitrogens with zero attached hydrogens (tertiary/aromatic N) is 1. The summed E-state index contributed by atoms with van der Waals surface area (Å²) in [5.74, 6) is -0.384. The maximum atomic E-state index is 13.2. The molecule has 4 rings (SSSR count).